The second kappa shape index (κ2) is 7.52. The molecule has 0 unspecified atom stereocenters. The predicted octanol–water partition coefficient (Wildman–Crippen LogP) is 3.12. The van der Waals surface area contributed by atoms with E-state index in [9.17, 15) is 23.4 Å². The fourth-order valence-electron chi connectivity index (χ4n) is 3.26. The molecular weight excluding hydrogens is 369 g/mol. The maximum Gasteiger partial charge on any atom is 0.433 e. The van der Waals surface area contributed by atoms with Gasteiger partial charge in [0.05, 0.1) is 12.2 Å². The third kappa shape index (κ3) is 4.17. The average Bonchev–Trinajstić information content (AvgIpc) is 2.89. The molecule has 1 aliphatic carbocycles. The van der Waals surface area contributed by atoms with Gasteiger partial charge in [-0.15, -0.1) is 0 Å². The number of alkyl halides is 3. The molecule has 8 heteroatoms. The van der Waals surface area contributed by atoms with E-state index >= 15 is 0 Å². The Kier molecular flexibility index (Phi) is 5.53. The van der Waals surface area contributed by atoms with Crippen LogP contribution in [0.2, 0.25) is 5.02 Å². The van der Waals surface area contributed by atoms with Crippen molar-refractivity contribution >= 4 is 11.6 Å². The lowest BCUT2D eigenvalue weighted by molar-refractivity contribution is -0.141. The number of aliphatic hydroxyl groups excluding tert-OH is 2. The summed E-state index contributed by atoms with van der Waals surface area (Å²) >= 11 is 5.85. The summed E-state index contributed by atoms with van der Waals surface area (Å²) in [6, 6.07) is 8.93. The monoisotopic (exact) mass is 386 g/mol. The van der Waals surface area contributed by atoms with E-state index in [-0.39, 0.29) is 12.3 Å². The average molecular weight is 387 g/mol. The molecule has 3 rings (SSSR count). The van der Waals surface area contributed by atoms with Gasteiger partial charge < -0.3 is 15.5 Å². The fourth-order valence-corrected chi connectivity index (χ4v) is 3.39. The minimum Gasteiger partial charge on any atom is -0.390 e. The molecule has 4 nitrogen and oxygen atoms in total. The molecule has 1 aliphatic rings. The van der Waals surface area contributed by atoms with Crippen molar-refractivity contribution in [2.45, 2.75) is 43.3 Å². The smallest absolute Gasteiger partial charge is 0.390 e. The molecule has 140 valence electrons. The lowest BCUT2D eigenvalue weighted by Gasteiger charge is -2.24. The number of rotatable bonds is 4. The molecule has 1 saturated carbocycles. The molecule has 1 fully saturated rings. The van der Waals surface area contributed by atoms with E-state index in [4.69, 9.17) is 11.6 Å². The van der Waals surface area contributed by atoms with Crippen LogP contribution in [0, 0.1) is 0 Å². The number of halogens is 4. The van der Waals surface area contributed by atoms with Crippen LogP contribution in [0.15, 0.2) is 42.6 Å². The molecule has 4 atom stereocenters. The number of pyridine rings is 1. The molecule has 1 aromatic carbocycles. The molecule has 1 aromatic heterocycles. The van der Waals surface area contributed by atoms with Crippen LogP contribution in [0.5, 0.6) is 0 Å². The Bertz CT molecular complexity index is 738. The summed E-state index contributed by atoms with van der Waals surface area (Å²) in [6.45, 7) is 0.427. The van der Waals surface area contributed by atoms with Gasteiger partial charge in [-0.25, -0.2) is 0 Å². The van der Waals surface area contributed by atoms with Crippen LogP contribution in [0.3, 0.4) is 0 Å². The third-order valence-corrected chi connectivity index (χ3v) is 4.90. The molecule has 0 spiro atoms. The number of nitrogens with one attached hydrogen (secondary N) is 1. The van der Waals surface area contributed by atoms with Crippen LogP contribution < -0.4 is 5.32 Å². The van der Waals surface area contributed by atoms with Crippen molar-refractivity contribution in [3.8, 4) is 0 Å². The SMILES string of the molecule is O[C@H]1[C@H](NCc2ccc(Cl)cc2)[C@@H](c2ccc(C(F)(F)F)nc2)C[C@H]1O. The fraction of sp³-hybridized carbons (Fsp3) is 0.389. The van der Waals surface area contributed by atoms with Crippen LogP contribution in [0.25, 0.3) is 0 Å². The quantitative estimate of drug-likeness (QED) is 0.755. The zero-order valence-electron chi connectivity index (χ0n) is 13.6. The molecule has 3 N–H and O–H groups in total. The Hall–Kier alpha value is -1.67. The third-order valence-electron chi connectivity index (χ3n) is 4.65. The van der Waals surface area contributed by atoms with Gasteiger partial charge >= 0.3 is 6.18 Å². The Morgan fingerprint density at radius 1 is 1.12 bits per heavy atom. The summed E-state index contributed by atoms with van der Waals surface area (Å²) in [5.74, 6) is -0.345. The van der Waals surface area contributed by atoms with Gasteiger partial charge in [0.2, 0.25) is 0 Å². The standard InChI is InChI=1S/C18H18ClF3N2O2/c19-12-4-1-10(2-5-12)8-24-16-13(7-14(25)17(16)26)11-3-6-15(23-9-11)18(20,21)22/h1-6,9,13-14,16-17,24-26H,7-8H2/t13-,14-,16-,17-/m1/s1. The first-order chi connectivity index (χ1) is 12.3. The molecule has 0 aliphatic heterocycles. The Morgan fingerprint density at radius 2 is 1.81 bits per heavy atom. The van der Waals surface area contributed by atoms with Crippen molar-refractivity contribution in [2.24, 2.45) is 0 Å². The second-order valence-corrected chi connectivity index (χ2v) is 6.84. The molecule has 0 radical (unpaired) electrons. The number of benzene rings is 1. The zero-order valence-corrected chi connectivity index (χ0v) is 14.4. The van der Waals surface area contributed by atoms with Gasteiger partial charge in [0.25, 0.3) is 0 Å². The van der Waals surface area contributed by atoms with Gasteiger partial charge in [-0.1, -0.05) is 29.8 Å². The van der Waals surface area contributed by atoms with E-state index in [1.807, 2.05) is 12.1 Å². The number of hydrogen-bond donors (Lipinski definition) is 3. The summed E-state index contributed by atoms with van der Waals surface area (Å²) in [6.07, 6.45) is -5.07. The summed E-state index contributed by atoms with van der Waals surface area (Å²) in [7, 11) is 0. The van der Waals surface area contributed by atoms with Crippen molar-refractivity contribution in [1.29, 1.82) is 0 Å². The van der Waals surface area contributed by atoms with E-state index in [0.29, 0.717) is 17.1 Å². The molecule has 2 aromatic rings. The Labute approximate surface area is 153 Å². The van der Waals surface area contributed by atoms with Gasteiger partial charge in [-0.3, -0.25) is 4.98 Å². The van der Waals surface area contributed by atoms with Crippen LogP contribution >= 0.6 is 11.6 Å². The van der Waals surface area contributed by atoms with Gasteiger partial charge in [-0.2, -0.15) is 13.2 Å². The first kappa shape index (κ1) is 19.1. The lowest BCUT2D eigenvalue weighted by Crippen LogP contribution is -2.41. The normalized spacial score (nSPS) is 26.2. The zero-order chi connectivity index (χ0) is 18.9. The molecule has 0 amide bonds. The van der Waals surface area contributed by atoms with E-state index < -0.39 is 30.1 Å². The van der Waals surface area contributed by atoms with E-state index in [2.05, 4.69) is 10.3 Å². The molecule has 0 bridgehead atoms. The minimum atomic E-state index is -4.50. The van der Waals surface area contributed by atoms with Crippen LogP contribution in [-0.4, -0.2) is 33.4 Å². The van der Waals surface area contributed by atoms with Gasteiger partial charge in [0.15, 0.2) is 0 Å². The van der Waals surface area contributed by atoms with Crippen molar-refractivity contribution in [3.05, 3.63) is 64.4 Å². The summed E-state index contributed by atoms with van der Waals surface area (Å²) in [5.41, 5.74) is 0.514. The van der Waals surface area contributed by atoms with E-state index in [1.165, 1.54) is 6.07 Å². The number of aliphatic hydroxyl groups is 2. The Balaban J connectivity index is 1.75. The first-order valence-corrected chi connectivity index (χ1v) is 8.50. The lowest BCUT2D eigenvalue weighted by atomic mass is 9.94. The predicted molar refractivity (Wildman–Crippen MR) is 90.7 cm³/mol. The maximum atomic E-state index is 12.7. The summed E-state index contributed by atoms with van der Waals surface area (Å²) in [4.78, 5) is 3.48. The van der Waals surface area contributed by atoms with Crippen molar-refractivity contribution in [1.82, 2.24) is 10.3 Å². The van der Waals surface area contributed by atoms with Crippen LogP contribution in [0.1, 0.15) is 29.2 Å². The van der Waals surface area contributed by atoms with E-state index in [1.54, 1.807) is 12.1 Å². The Morgan fingerprint density at radius 3 is 2.38 bits per heavy atom. The van der Waals surface area contributed by atoms with Gasteiger partial charge in [0.1, 0.15) is 5.69 Å². The maximum absolute atomic E-state index is 12.7. The highest BCUT2D eigenvalue weighted by molar-refractivity contribution is 6.30. The van der Waals surface area contributed by atoms with Crippen LogP contribution in [-0.2, 0) is 12.7 Å². The molecule has 0 saturated heterocycles. The topological polar surface area (TPSA) is 65.4 Å². The first-order valence-electron chi connectivity index (χ1n) is 8.13. The molecular formula is C18H18ClF3N2O2. The number of hydrogen-bond acceptors (Lipinski definition) is 4. The van der Waals surface area contributed by atoms with Gasteiger partial charge in [-0.05, 0) is 35.7 Å². The minimum absolute atomic E-state index is 0.243. The largest absolute Gasteiger partial charge is 0.433 e. The second-order valence-electron chi connectivity index (χ2n) is 6.41. The molecule has 26 heavy (non-hydrogen) atoms. The summed E-state index contributed by atoms with van der Waals surface area (Å²) < 4.78 is 38.0. The van der Waals surface area contributed by atoms with Gasteiger partial charge in [0, 0.05) is 29.7 Å². The van der Waals surface area contributed by atoms with Crippen LogP contribution in [0.4, 0.5) is 13.2 Å². The van der Waals surface area contributed by atoms with E-state index in [0.717, 1.165) is 17.8 Å². The van der Waals surface area contributed by atoms with Crippen molar-refractivity contribution in [2.75, 3.05) is 0 Å². The summed E-state index contributed by atoms with van der Waals surface area (Å²) in [5, 5.41) is 24.1. The van der Waals surface area contributed by atoms with Crippen molar-refractivity contribution < 1.29 is 23.4 Å². The van der Waals surface area contributed by atoms with Crippen molar-refractivity contribution in [3.63, 3.8) is 0 Å². The molecule has 1 heterocycles. The number of aromatic nitrogens is 1. The highest BCUT2D eigenvalue weighted by Gasteiger charge is 2.42. The highest BCUT2D eigenvalue weighted by Crippen LogP contribution is 2.36. The highest BCUT2D eigenvalue weighted by atomic mass is 35.5. The number of nitrogens with zero attached hydrogens (tertiary/aromatic N) is 1.